The van der Waals surface area contributed by atoms with Crippen LogP contribution in [0.5, 0.6) is 0 Å². The van der Waals surface area contributed by atoms with Gasteiger partial charge in [-0.2, -0.15) is 5.10 Å². The van der Waals surface area contributed by atoms with Gasteiger partial charge in [0.1, 0.15) is 0 Å². The van der Waals surface area contributed by atoms with Crippen LogP contribution in [-0.4, -0.2) is 35.6 Å². The van der Waals surface area contributed by atoms with E-state index in [1.54, 1.807) is 0 Å². The van der Waals surface area contributed by atoms with Gasteiger partial charge in [-0.3, -0.25) is 4.68 Å². The number of hydrogen-bond donors (Lipinski definition) is 1. The molecule has 1 aromatic heterocycles. The third-order valence-corrected chi connectivity index (χ3v) is 2.69. The first-order valence-electron chi connectivity index (χ1n) is 5.67. The van der Waals surface area contributed by atoms with Crippen LogP contribution >= 0.6 is 0 Å². The minimum atomic E-state index is 0.435. The zero-order valence-electron chi connectivity index (χ0n) is 9.28. The van der Waals surface area contributed by atoms with Crippen molar-refractivity contribution in [1.29, 1.82) is 0 Å². The molecule has 0 radical (unpaired) electrons. The SMILES string of the molecule is Cc1ccn(CCNCC2CCCO2)n1. The summed E-state index contributed by atoms with van der Waals surface area (Å²) < 4.78 is 7.49. The Morgan fingerprint density at radius 1 is 1.67 bits per heavy atom. The van der Waals surface area contributed by atoms with Crippen molar-refractivity contribution in [3.63, 3.8) is 0 Å². The fraction of sp³-hybridized carbons (Fsp3) is 0.727. The van der Waals surface area contributed by atoms with Gasteiger partial charge in [-0.25, -0.2) is 0 Å². The molecular formula is C11H19N3O. The Bertz CT molecular complexity index is 292. The highest BCUT2D eigenvalue weighted by molar-refractivity contribution is 4.94. The molecule has 1 unspecified atom stereocenters. The molecule has 1 atom stereocenters. The van der Waals surface area contributed by atoms with E-state index in [2.05, 4.69) is 10.4 Å². The minimum Gasteiger partial charge on any atom is -0.377 e. The molecule has 4 heteroatoms. The normalized spacial score (nSPS) is 21.0. The van der Waals surface area contributed by atoms with E-state index < -0.39 is 0 Å². The Morgan fingerprint density at radius 3 is 3.27 bits per heavy atom. The van der Waals surface area contributed by atoms with Gasteiger partial charge >= 0.3 is 0 Å². The third-order valence-electron chi connectivity index (χ3n) is 2.69. The van der Waals surface area contributed by atoms with Gasteiger partial charge in [0.05, 0.1) is 18.3 Å². The van der Waals surface area contributed by atoms with Crippen LogP contribution in [0.4, 0.5) is 0 Å². The van der Waals surface area contributed by atoms with Crippen LogP contribution in [0.15, 0.2) is 12.3 Å². The summed E-state index contributed by atoms with van der Waals surface area (Å²) in [5, 5.41) is 7.72. The smallest absolute Gasteiger partial charge is 0.0700 e. The van der Waals surface area contributed by atoms with Gasteiger partial charge in [0.2, 0.25) is 0 Å². The standard InChI is InChI=1S/C11H19N3O/c1-10-4-6-14(13-10)7-5-12-9-11-3-2-8-15-11/h4,6,11-12H,2-3,5,7-9H2,1H3. The average Bonchev–Trinajstić information content (AvgIpc) is 2.84. The van der Waals surface area contributed by atoms with Crippen LogP contribution in [0.3, 0.4) is 0 Å². The Balaban J connectivity index is 1.58. The number of rotatable bonds is 5. The van der Waals surface area contributed by atoms with Gasteiger partial charge in [0.15, 0.2) is 0 Å². The lowest BCUT2D eigenvalue weighted by Crippen LogP contribution is -2.29. The molecule has 1 aliphatic rings. The van der Waals surface area contributed by atoms with Crippen LogP contribution < -0.4 is 5.32 Å². The topological polar surface area (TPSA) is 39.1 Å². The zero-order chi connectivity index (χ0) is 10.5. The first-order chi connectivity index (χ1) is 7.34. The van der Waals surface area contributed by atoms with Gasteiger partial charge in [-0.05, 0) is 25.8 Å². The molecule has 1 saturated heterocycles. The second-order valence-corrected chi connectivity index (χ2v) is 4.06. The monoisotopic (exact) mass is 209 g/mol. The van der Waals surface area contributed by atoms with Crippen LogP contribution in [0, 0.1) is 6.92 Å². The van der Waals surface area contributed by atoms with Gasteiger partial charge in [-0.1, -0.05) is 0 Å². The molecule has 2 heterocycles. The fourth-order valence-electron chi connectivity index (χ4n) is 1.85. The molecule has 0 spiro atoms. The summed E-state index contributed by atoms with van der Waals surface area (Å²) in [6.45, 7) is 5.81. The molecule has 0 bridgehead atoms. The van der Waals surface area contributed by atoms with Gasteiger partial charge in [0, 0.05) is 25.9 Å². The molecule has 1 fully saturated rings. The maximum absolute atomic E-state index is 5.52. The predicted molar refractivity (Wildman–Crippen MR) is 58.8 cm³/mol. The molecule has 4 nitrogen and oxygen atoms in total. The number of aryl methyl sites for hydroxylation is 1. The molecule has 0 aliphatic carbocycles. The summed E-state index contributed by atoms with van der Waals surface area (Å²) in [6.07, 6.45) is 4.87. The molecule has 0 amide bonds. The van der Waals surface area contributed by atoms with E-state index in [1.165, 1.54) is 12.8 Å². The summed E-state index contributed by atoms with van der Waals surface area (Å²) in [5.41, 5.74) is 1.08. The van der Waals surface area contributed by atoms with Crippen molar-refractivity contribution in [2.45, 2.75) is 32.4 Å². The van der Waals surface area contributed by atoms with Crippen LogP contribution in [0.25, 0.3) is 0 Å². The molecule has 2 rings (SSSR count). The van der Waals surface area contributed by atoms with Crippen molar-refractivity contribution in [2.24, 2.45) is 0 Å². The summed E-state index contributed by atoms with van der Waals surface area (Å²) >= 11 is 0. The average molecular weight is 209 g/mol. The highest BCUT2D eigenvalue weighted by Crippen LogP contribution is 2.10. The van der Waals surface area contributed by atoms with E-state index in [0.717, 1.165) is 31.9 Å². The molecule has 1 N–H and O–H groups in total. The fourth-order valence-corrected chi connectivity index (χ4v) is 1.85. The molecule has 0 saturated carbocycles. The van der Waals surface area contributed by atoms with Crippen molar-refractivity contribution in [3.05, 3.63) is 18.0 Å². The van der Waals surface area contributed by atoms with Crippen molar-refractivity contribution in [2.75, 3.05) is 19.7 Å². The van der Waals surface area contributed by atoms with E-state index in [9.17, 15) is 0 Å². The van der Waals surface area contributed by atoms with Crippen LogP contribution in [0.1, 0.15) is 18.5 Å². The highest BCUT2D eigenvalue weighted by atomic mass is 16.5. The van der Waals surface area contributed by atoms with Crippen molar-refractivity contribution < 1.29 is 4.74 Å². The number of ether oxygens (including phenoxy) is 1. The van der Waals surface area contributed by atoms with Gasteiger partial charge in [0.25, 0.3) is 0 Å². The lowest BCUT2D eigenvalue weighted by atomic mass is 10.2. The lowest BCUT2D eigenvalue weighted by molar-refractivity contribution is 0.110. The molecule has 0 aromatic carbocycles. The first kappa shape index (κ1) is 10.6. The van der Waals surface area contributed by atoms with Crippen molar-refractivity contribution in [1.82, 2.24) is 15.1 Å². The predicted octanol–water partition coefficient (Wildman–Crippen LogP) is 0.960. The molecule has 15 heavy (non-hydrogen) atoms. The van der Waals surface area contributed by atoms with E-state index >= 15 is 0 Å². The minimum absolute atomic E-state index is 0.435. The summed E-state index contributed by atoms with van der Waals surface area (Å²) in [6, 6.07) is 2.03. The maximum atomic E-state index is 5.52. The Morgan fingerprint density at radius 2 is 2.60 bits per heavy atom. The van der Waals surface area contributed by atoms with Crippen LogP contribution in [-0.2, 0) is 11.3 Å². The molecule has 1 aliphatic heterocycles. The van der Waals surface area contributed by atoms with Crippen molar-refractivity contribution >= 4 is 0 Å². The number of aromatic nitrogens is 2. The molecule has 1 aromatic rings. The Hall–Kier alpha value is -0.870. The van der Waals surface area contributed by atoms with Gasteiger partial charge in [-0.15, -0.1) is 0 Å². The van der Waals surface area contributed by atoms with E-state index in [1.807, 2.05) is 23.9 Å². The van der Waals surface area contributed by atoms with Crippen molar-refractivity contribution in [3.8, 4) is 0 Å². The van der Waals surface area contributed by atoms with E-state index in [-0.39, 0.29) is 0 Å². The van der Waals surface area contributed by atoms with E-state index in [0.29, 0.717) is 6.10 Å². The summed E-state index contributed by atoms with van der Waals surface area (Å²) in [4.78, 5) is 0. The van der Waals surface area contributed by atoms with Gasteiger partial charge < -0.3 is 10.1 Å². The first-order valence-corrected chi connectivity index (χ1v) is 5.67. The Labute approximate surface area is 90.6 Å². The van der Waals surface area contributed by atoms with Crippen LogP contribution in [0.2, 0.25) is 0 Å². The molecule has 84 valence electrons. The third kappa shape index (κ3) is 3.32. The molecular weight excluding hydrogens is 190 g/mol. The quantitative estimate of drug-likeness (QED) is 0.734. The zero-order valence-corrected chi connectivity index (χ0v) is 9.28. The maximum Gasteiger partial charge on any atom is 0.0700 e. The second-order valence-electron chi connectivity index (χ2n) is 4.06. The number of hydrogen-bond acceptors (Lipinski definition) is 3. The largest absolute Gasteiger partial charge is 0.377 e. The number of nitrogens with zero attached hydrogens (tertiary/aromatic N) is 2. The number of nitrogens with one attached hydrogen (secondary N) is 1. The highest BCUT2D eigenvalue weighted by Gasteiger charge is 2.14. The summed E-state index contributed by atoms with van der Waals surface area (Å²) in [5.74, 6) is 0. The lowest BCUT2D eigenvalue weighted by Gasteiger charge is -2.10. The second kappa shape index (κ2) is 5.28. The Kier molecular flexibility index (Phi) is 3.75. The summed E-state index contributed by atoms with van der Waals surface area (Å²) in [7, 11) is 0. The van der Waals surface area contributed by atoms with E-state index in [4.69, 9.17) is 4.74 Å².